The van der Waals surface area contributed by atoms with Crippen molar-refractivity contribution in [3.8, 4) is 0 Å². The van der Waals surface area contributed by atoms with Gasteiger partial charge < -0.3 is 9.40 Å². The van der Waals surface area contributed by atoms with Crippen molar-refractivity contribution in [3.63, 3.8) is 0 Å². The Hall–Kier alpha value is -0.570. The number of hydrogen-bond donors (Lipinski definition) is 1. The largest absolute Gasteiger partial charge is 0.434 e. The second kappa shape index (κ2) is 2.22. The molecule has 1 atom stereocenters. The second-order valence-electron chi connectivity index (χ2n) is 4.25. The van der Waals surface area contributed by atoms with Crippen LogP contribution in [-0.4, -0.2) is 4.98 Å². The summed E-state index contributed by atoms with van der Waals surface area (Å²) in [6, 6.07) is 0. The van der Waals surface area contributed by atoms with Gasteiger partial charge in [0.05, 0.1) is 5.69 Å². The molecule has 1 unspecified atom stereocenters. The Labute approximate surface area is 77.0 Å². The molecule has 1 N–H and O–H groups in total. The number of rotatable bonds is 0. The van der Waals surface area contributed by atoms with Crippen molar-refractivity contribution in [2.45, 2.75) is 38.5 Å². The standard InChI is InChI=1S/C9H13NOS/c1-5-4-9(2,3)7-6(5)10-8(12)11-7/h5H,4H2,1-3H3,(H,10,12). The highest BCUT2D eigenvalue weighted by Gasteiger charge is 2.38. The zero-order valence-corrected chi connectivity index (χ0v) is 8.42. The van der Waals surface area contributed by atoms with E-state index in [9.17, 15) is 0 Å². The lowest BCUT2D eigenvalue weighted by Crippen LogP contribution is -2.11. The number of aromatic nitrogens is 1. The molecule has 0 bridgehead atoms. The summed E-state index contributed by atoms with van der Waals surface area (Å²) in [5, 5.41) is 0. The highest BCUT2D eigenvalue weighted by molar-refractivity contribution is 7.71. The van der Waals surface area contributed by atoms with E-state index < -0.39 is 0 Å². The number of aromatic amines is 1. The van der Waals surface area contributed by atoms with Crippen LogP contribution in [-0.2, 0) is 5.41 Å². The minimum absolute atomic E-state index is 0.155. The summed E-state index contributed by atoms with van der Waals surface area (Å²) in [5.74, 6) is 1.61. The Morgan fingerprint density at radius 2 is 2.25 bits per heavy atom. The van der Waals surface area contributed by atoms with Gasteiger partial charge in [-0.25, -0.2) is 0 Å². The van der Waals surface area contributed by atoms with Crippen molar-refractivity contribution in [2.24, 2.45) is 0 Å². The molecule has 0 saturated carbocycles. The van der Waals surface area contributed by atoms with Crippen molar-refractivity contribution in [1.82, 2.24) is 4.98 Å². The van der Waals surface area contributed by atoms with Gasteiger partial charge in [-0.15, -0.1) is 0 Å². The zero-order valence-electron chi connectivity index (χ0n) is 7.60. The normalized spacial score (nSPS) is 25.8. The van der Waals surface area contributed by atoms with E-state index in [1.807, 2.05) is 0 Å². The number of H-pyrrole nitrogens is 1. The van der Waals surface area contributed by atoms with Gasteiger partial charge in [0.1, 0.15) is 5.76 Å². The van der Waals surface area contributed by atoms with E-state index in [4.69, 9.17) is 16.6 Å². The third-order valence-electron chi connectivity index (χ3n) is 2.60. The first-order chi connectivity index (χ1) is 5.50. The van der Waals surface area contributed by atoms with Crippen LogP contribution in [0.2, 0.25) is 0 Å². The molecule has 0 radical (unpaired) electrons. The van der Waals surface area contributed by atoms with Crippen LogP contribution < -0.4 is 0 Å². The molecule has 2 nitrogen and oxygen atoms in total. The molecule has 2 rings (SSSR count). The Morgan fingerprint density at radius 1 is 1.58 bits per heavy atom. The van der Waals surface area contributed by atoms with E-state index >= 15 is 0 Å². The first-order valence-corrected chi connectivity index (χ1v) is 4.65. The van der Waals surface area contributed by atoms with Gasteiger partial charge in [-0.2, -0.15) is 0 Å². The minimum Gasteiger partial charge on any atom is -0.434 e. The quantitative estimate of drug-likeness (QED) is 0.626. The fourth-order valence-corrected chi connectivity index (χ4v) is 2.34. The SMILES string of the molecule is CC1CC(C)(C)c2oc(=S)[nH]c21. The predicted molar refractivity (Wildman–Crippen MR) is 50.0 cm³/mol. The number of fused-ring (bicyclic) bond motifs is 1. The highest BCUT2D eigenvalue weighted by atomic mass is 32.1. The van der Waals surface area contributed by atoms with Crippen LogP contribution in [0.1, 0.15) is 44.6 Å². The number of hydrogen-bond acceptors (Lipinski definition) is 2. The molecule has 0 aliphatic heterocycles. The van der Waals surface area contributed by atoms with Crippen molar-refractivity contribution in [1.29, 1.82) is 0 Å². The summed E-state index contributed by atoms with van der Waals surface area (Å²) in [6.45, 7) is 6.59. The van der Waals surface area contributed by atoms with Crippen molar-refractivity contribution < 1.29 is 4.42 Å². The smallest absolute Gasteiger partial charge is 0.266 e. The van der Waals surface area contributed by atoms with Gasteiger partial charge in [-0.1, -0.05) is 20.8 Å². The van der Waals surface area contributed by atoms with E-state index in [2.05, 4.69) is 25.8 Å². The summed E-state index contributed by atoms with van der Waals surface area (Å²) in [7, 11) is 0. The first kappa shape index (κ1) is 8.05. The van der Waals surface area contributed by atoms with Crippen LogP contribution in [0.25, 0.3) is 0 Å². The Balaban J connectivity index is 2.64. The van der Waals surface area contributed by atoms with Gasteiger partial charge >= 0.3 is 0 Å². The molecule has 0 saturated heterocycles. The molecule has 1 heterocycles. The molecule has 0 aromatic carbocycles. The molecule has 0 spiro atoms. The number of nitrogens with one attached hydrogen (secondary N) is 1. The molecular formula is C9H13NOS. The Morgan fingerprint density at radius 3 is 2.83 bits per heavy atom. The van der Waals surface area contributed by atoms with E-state index in [0.717, 1.165) is 12.2 Å². The first-order valence-electron chi connectivity index (χ1n) is 4.24. The van der Waals surface area contributed by atoms with Gasteiger partial charge in [0.2, 0.25) is 0 Å². The zero-order chi connectivity index (χ0) is 8.93. The molecule has 0 fully saturated rings. The lowest BCUT2D eigenvalue weighted by atomic mass is 9.90. The van der Waals surface area contributed by atoms with Crippen LogP contribution in [0.3, 0.4) is 0 Å². The molecular weight excluding hydrogens is 170 g/mol. The highest BCUT2D eigenvalue weighted by Crippen LogP contribution is 2.44. The minimum atomic E-state index is 0.155. The van der Waals surface area contributed by atoms with Crippen molar-refractivity contribution in [2.75, 3.05) is 0 Å². The summed E-state index contributed by atoms with van der Waals surface area (Å²) < 4.78 is 5.47. The van der Waals surface area contributed by atoms with Crippen LogP contribution in [0, 0.1) is 4.84 Å². The van der Waals surface area contributed by atoms with E-state index in [1.54, 1.807) is 0 Å². The maximum Gasteiger partial charge on any atom is 0.266 e. The summed E-state index contributed by atoms with van der Waals surface area (Å²) in [5.41, 5.74) is 1.35. The maximum absolute atomic E-state index is 5.47. The van der Waals surface area contributed by atoms with Crippen LogP contribution in [0.4, 0.5) is 0 Å². The van der Waals surface area contributed by atoms with E-state index in [1.165, 1.54) is 5.69 Å². The van der Waals surface area contributed by atoms with Crippen molar-refractivity contribution >= 4 is 12.2 Å². The molecule has 1 aromatic rings. The molecule has 66 valence electrons. The van der Waals surface area contributed by atoms with Crippen molar-refractivity contribution in [3.05, 3.63) is 16.3 Å². The number of oxazole rings is 1. The predicted octanol–water partition coefficient (Wildman–Crippen LogP) is 3.12. The van der Waals surface area contributed by atoms with Gasteiger partial charge in [-0.05, 0) is 18.6 Å². The van der Waals surface area contributed by atoms with Gasteiger partial charge in [0, 0.05) is 11.3 Å². The average Bonchev–Trinajstić information content (AvgIpc) is 2.37. The van der Waals surface area contributed by atoms with Crippen LogP contribution in [0.5, 0.6) is 0 Å². The molecule has 1 aromatic heterocycles. The summed E-state index contributed by atoms with van der Waals surface area (Å²) >= 11 is 4.95. The second-order valence-corrected chi connectivity index (χ2v) is 4.62. The molecule has 3 heteroatoms. The summed E-state index contributed by atoms with van der Waals surface area (Å²) in [6.07, 6.45) is 1.15. The van der Waals surface area contributed by atoms with Gasteiger partial charge in [0.15, 0.2) is 0 Å². The lowest BCUT2D eigenvalue weighted by Gasteiger charge is -2.15. The van der Waals surface area contributed by atoms with Crippen LogP contribution >= 0.6 is 12.2 Å². The average molecular weight is 183 g/mol. The third-order valence-corrected chi connectivity index (χ3v) is 2.79. The molecule has 0 amide bonds. The molecule has 12 heavy (non-hydrogen) atoms. The van der Waals surface area contributed by atoms with E-state index in [-0.39, 0.29) is 5.41 Å². The van der Waals surface area contributed by atoms with Gasteiger partial charge in [0.25, 0.3) is 4.84 Å². The summed E-state index contributed by atoms with van der Waals surface area (Å²) in [4.78, 5) is 3.62. The Kier molecular flexibility index (Phi) is 1.49. The molecule has 1 aliphatic carbocycles. The van der Waals surface area contributed by atoms with Crippen LogP contribution in [0.15, 0.2) is 4.42 Å². The third kappa shape index (κ3) is 0.959. The molecule has 1 aliphatic rings. The lowest BCUT2D eigenvalue weighted by molar-refractivity contribution is 0.373. The van der Waals surface area contributed by atoms with E-state index in [0.29, 0.717) is 10.8 Å². The maximum atomic E-state index is 5.47. The fourth-order valence-electron chi connectivity index (χ4n) is 2.15. The topological polar surface area (TPSA) is 28.9 Å². The monoisotopic (exact) mass is 183 g/mol. The van der Waals surface area contributed by atoms with Gasteiger partial charge in [-0.3, -0.25) is 0 Å². The fraction of sp³-hybridized carbons (Fsp3) is 0.667. The Bertz CT molecular complexity index is 361.